The molecule has 1 heterocycles. The molecule has 102 valence electrons. The molecule has 1 aromatic carbocycles. The maximum atomic E-state index is 11.0. The summed E-state index contributed by atoms with van der Waals surface area (Å²) in [5, 5.41) is 15.1. The van der Waals surface area contributed by atoms with Gasteiger partial charge in [0.05, 0.1) is 17.5 Å². The maximum absolute atomic E-state index is 11.0. The zero-order valence-electron chi connectivity index (χ0n) is 10.5. The van der Waals surface area contributed by atoms with E-state index in [1.54, 1.807) is 18.3 Å². The van der Waals surface area contributed by atoms with E-state index in [1.165, 1.54) is 0 Å². The smallest absolute Gasteiger partial charge is 0.213 e. The van der Waals surface area contributed by atoms with Crippen molar-refractivity contribution < 1.29 is 8.42 Å². The summed E-state index contributed by atoms with van der Waals surface area (Å²) in [7, 11) is -3.48. The number of sulfonamides is 1. The highest BCUT2D eigenvalue weighted by atomic mass is 32.2. The van der Waals surface area contributed by atoms with E-state index in [-0.39, 0.29) is 11.8 Å². The Morgan fingerprint density at radius 1 is 1.32 bits per heavy atom. The van der Waals surface area contributed by atoms with Crippen LogP contribution in [0.3, 0.4) is 0 Å². The third-order valence-electron chi connectivity index (χ3n) is 2.69. The van der Waals surface area contributed by atoms with Crippen LogP contribution in [0.1, 0.15) is 24.2 Å². The molecule has 2 aromatic rings. The number of nitrogens with two attached hydrogens (primary N) is 1. The van der Waals surface area contributed by atoms with E-state index in [2.05, 4.69) is 15.5 Å². The average molecular weight is 280 g/mol. The van der Waals surface area contributed by atoms with Crippen molar-refractivity contribution in [2.75, 3.05) is 5.32 Å². The number of rotatable bonds is 5. The normalized spacial score (nSPS) is 13.2. The standard InChI is InChI=1S/C12H16N4O2S/c1-9(12-6-7-14-16-12)15-11-4-2-10(3-5-11)8-19(13,17)18/h2-7,9,15H,8H2,1H3,(H,14,16)(H2,13,17,18). The molecule has 19 heavy (non-hydrogen) atoms. The van der Waals surface area contributed by atoms with Gasteiger partial charge in [-0.15, -0.1) is 0 Å². The van der Waals surface area contributed by atoms with E-state index in [4.69, 9.17) is 5.14 Å². The first-order valence-electron chi connectivity index (χ1n) is 5.79. The molecule has 1 atom stereocenters. The topological polar surface area (TPSA) is 101 Å². The van der Waals surface area contributed by atoms with Gasteiger partial charge >= 0.3 is 0 Å². The van der Waals surface area contributed by atoms with Crippen molar-refractivity contribution in [2.45, 2.75) is 18.7 Å². The Kier molecular flexibility index (Phi) is 3.87. The number of H-pyrrole nitrogens is 1. The molecule has 0 radical (unpaired) electrons. The van der Waals surface area contributed by atoms with Gasteiger partial charge in [-0.2, -0.15) is 5.10 Å². The van der Waals surface area contributed by atoms with E-state index >= 15 is 0 Å². The molecule has 4 N–H and O–H groups in total. The van der Waals surface area contributed by atoms with Crippen LogP contribution in [0, 0.1) is 0 Å². The number of nitrogens with one attached hydrogen (secondary N) is 2. The number of nitrogens with zero attached hydrogens (tertiary/aromatic N) is 1. The monoisotopic (exact) mass is 280 g/mol. The number of aromatic amines is 1. The molecule has 0 saturated heterocycles. The van der Waals surface area contributed by atoms with E-state index in [1.807, 2.05) is 25.1 Å². The number of hydrogen-bond acceptors (Lipinski definition) is 4. The molecule has 1 aromatic heterocycles. The molecule has 0 saturated carbocycles. The highest BCUT2D eigenvalue weighted by Gasteiger charge is 2.07. The van der Waals surface area contributed by atoms with Crippen molar-refractivity contribution in [3.63, 3.8) is 0 Å². The Labute approximate surface area is 112 Å². The van der Waals surface area contributed by atoms with Gasteiger partial charge in [-0.25, -0.2) is 13.6 Å². The SMILES string of the molecule is CC(Nc1ccc(CS(N)(=O)=O)cc1)c1ccn[nH]1. The van der Waals surface area contributed by atoms with E-state index < -0.39 is 10.0 Å². The first kappa shape index (κ1) is 13.6. The second-order valence-corrected chi connectivity index (χ2v) is 6.00. The Hall–Kier alpha value is -1.86. The van der Waals surface area contributed by atoms with Crippen LogP contribution in [0.2, 0.25) is 0 Å². The predicted molar refractivity (Wildman–Crippen MR) is 73.9 cm³/mol. The summed E-state index contributed by atoms with van der Waals surface area (Å²) in [5.74, 6) is -0.149. The molecule has 0 aliphatic carbocycles. The van der Waals surface area contributed by atoms with E-state index in [9.17, 15) is 8.42 Å². The highest BCUT2D eigenvalue weighted by molar-refractivity contribution is 7.88. The summed E-state index contributed by atoms with van der Waals surface area (Å²) in [6.45, 7) is 2.01. The number of aromatic nitrogens is 2. The second-order valence-electron chi connectivity index (χ2n) is 4.38. The Morgan fingerprint density at radius 3 is 2.53 bits per heavy atom. The zero-order chi connectivity index (χ0) is 13.9. The van der Waals surface area contributed by atoms with Crippen LogP contribution in [0.25, 0.3) is 0 Å². The minimum Gasteiger partial charge on any atom is -0.377 e. The van der Waals surface area contributed by atoms with Crippen molar-refractivity contribution in [1.82, 2.24) is 10.2 Å². The van der Waals surface area contributed by atoms with Crippen LogP contribution < -0.4 is 10.5 Å². The first-order valence-corrected chi connectivity index (χ1v) is 7.51. The lowest BCUT2D eigenvalue weighted by molar-refractivity contribution is 0.597. The van der Waals surface area contributed by atoms with Crippen LogP contribution in [0.4, 0.5) is 5.69 Å². The summed E-state index contributed by atoms with van der Waals surface area (Å²) < 4.78 is 21.9. The molecule has 2 rings (SSSR count). The van der Waals surface area contributed by atoms with Crippen LogP contribution in [-0.2, 0) is 15.8 Å². The molecule has 0 aliphatic rings. The number of primary sulfonamides is 1. The zero-order valence-corrected chi connectivity index (χ0v) is 11.3. The molecule has 1 unspecified atom stereocenters. The minimum absolute atomic E-state index is 0.0894. The lowest BCUT2D eigenvalue weighted by atomic mass is 10.2. The van der Waals surface area contributed by atoms with Gasteiger partial charge in [0.2, 0.25) is 10.0 Å². The van der Waals surface area contributed by atoms with Crippen LogP contribution in [0.15, 0.2) is 36.5 Å². The van der Waals surface area contributed by atoms with Crippen LogP contribution in [0.5, 0.6) is 0 Å². The quantitative estimate of drug-likeness (QED) is 0.770. The van der Waals surface area contributed by atoms with Crippen molar-refractivity contribution >= 4 is 15.7 Å². The van der Waals surface area contributed by atoms with E-state index in [0.717, 1.165) is 11.4 Å². The lowest BCUT2D eigenvalue weighted by Crippen LogP contribution is -2.14. The number of hydrogen-bond donors (Lipinski definition) is 3. The molecule has 0 spiro atoms. The number of benzene rings is 1. The van der Waals surface area contributed by atoms with E-state index in [0.29, 0.717) is 5.56 Å². The van der Waals surface area contributed by atoms with Crippen molar-refractivity contribution in [2.24, 2.45) is 5.14 Å². The molecular formula is C12H16N4O2S. The third kappa shape index (κ3) is 4.08. The molecule has 0 fully saturated rings. The first-order chi connectivity index (χ1) is 8.94. The van der Waals surface area contributed by atoms with Gasteiger partial charge in [-0.05, 0) is 30.7 Å². The third-order valence-corrected chi connectivity index (χ3v) is 3.43. The van der Waals surface area contributed by atoms with Gasteiger partial charge in [-0.1, -0.05) is 12.1 Å². The van der Waals surface area contributed by atoms with Gasteiger partial charge in [0.25, 0.3) is 0 Å². The van der Waals surface area contributed by atoms with Gasteiger partial charge in [0.15, 0.2) is 0 Å². The summed E-state index contributed by atoms with van der Waals surface area (Å²) in [6.07, 6.45) is 1.70. The van der Waals surface area contributed by atoms with Gasteiger partial charge in [0.1, 0.15) is 0 Å². The predicted octanol–water partition coefficient (Wildman–Crippen LogP) is 1.37. The summed E-state index contributed by atoms with van der Waals surface area (Å²) in [6, 6.07) is 9.12. The summed E-state index contributed by atoms with van der Waals surface area (Å²) in [5.41, 5.74) is 2.55. The molecule has 0 bridgehead atoms. The lowest BCUT2D eigenvalue weighted by Gasteiger charge is -2.13. The fourth-order valence-electron chi connectivity index (χ4n) is 1.77. The summed E-state index contributed by atoms with van der Waals surface area (Å²) in [4.78, 5) is 0. The molecule has 0 amide bonds. The van der Waals surface area contributed by atoms with Crippen LogP contribution >= 0.6 is 0 Å². The number of anilines is 1. The largest absolute Gasteiger partial charge is 0.377 e. The van der Waals surface area contributed by atoms with Gasteiger partial charge in [0, 0.05) is 11.9 Å². The minimum atomic E-state index is -3.48. The molecule has 7 heteroatoms. The summed E-state index contributed by atoms with van der Waals surface area (Å²) >= 11 is 0. The van der Waals surface area contributed by atoms with Crippen molar-refractivity contribution in [1.29, 1.82) is 0 Å². The maximum Gasteiger partial charge on any atom is 0.213 e. The van der Waals surface area contributed by atoms with Gasteiger partial charge < -0.3 is 5.32 Å². The van der Waals surface area contributed by atoms with Crippen molar-refractivity contribution in [3.8, 4) is 0 Å². The average Bonchev–Trinajstić information content (AvgIpc) is 2.83. The Morgan fingerprint density at radius 2 is 2.00 bits per heavy atom. The Bertz CT molecular complexity index is 620. The highest BCUT2D eigenvalue weighted by Crippen LogP contribution is 2.18. The molecule has 0 aliphatic heterocycles. The van der Waals surface area contributed by atoms with Crippen molar-refractivity contribution in [3.05, 3.63) is 47.8 Å². The fourth-order valence-corrected chi connectivity index (χ4v) is 2.42. The molecular weight excluding hydrogens is 264 g/mol. The molecule has 6 nitrogen and oxygen atoms in total. The van der Waals surface area contributed by atoms with Crippen LogP contribution in [-0.4, -0.2) is 18.6 Å². The van der Waals surface area contributed by atoms with Gasteiger partial charge in [-0.3, -0.25) is 5.10 Å². The second kappa shape index (κ2) is 5.41. The fraction of sp³-hybridized carbons (Fsp3) is 0.250. The Balaban J connectivity index is 2.03.